The molecule has 0 radical (unpaired) electrons. The van der Waals surface area contributed by atoms with Gasteiger partial charge < -0.3 is 15.5 Å². The Morgan fingerprint density at radius 3 is 2.47 bits per heavy atom. The predicted molar refractivity (Wildman–Crippen MR) is 118 cm³/mol. The van der Waals surface area contributed by atoms with Crippen LogP contribution in [0.2, 0.25) is 0 Å². The van der Waals surface area contributed by atoms with E-state index >= 15 is 0 Å². The molecular weight excluding hydrogens is 439 g/mol. The molecule has 0 aliphatic carbocycles. The molecule has 2 amide bonds. The van der Waals surface area contributed by atoms with Crippen LogP contribution in [-0.4, -0.2) is 45.6 Å². The van der Waals surface area contributed by atoms with Crippen molar-refractivity contribution in [1.82, 2.24) is 10.3 Å². The van der Waals surface area contributed by atoms with Gasteiger partial charge in [0.25, 0.3) is 5.91 Å². The zero-order valence-electron chi connectivity index (χ0n) is 17.8. The van der Waals surface area contributed by atoms with E-state index in [4.69, 9.17) is 10.2 Å². The maximum atomic E-state index is 13.4. The van der Waals surface area contributed by atoms with Gasteiger partial charge in [0.2, 0.25) is 21.6 Å². The Bertz CT molecular complexity index is 1290. The fourth-order valence-electron chi connectivity index (χ4n) is 3.28. The predicted octanol–water partition coefficient (Wildman–Crippen LogP) is 2.20. The van der Waals surface area contributed by atoms with Gasteiger partial charge in [0, 0.05) is 26.1 Å². The highest BCUT2D eigenvalue weighted by Crippen LogP contribution is 2.36. The lowest BCUT2D eigenvalue weighted by Gasteiger charge is -2.19. The molecule has 0 saturated carbocycles. The second-order valence-corrected chi connectivity index (χ2v) is 9.28. The molecule has 0 saturated heterocycles. The first kappa shape index (κ1) is 23.2. The summed E-state index contributed by atoms with van der Waals surface area (Å²) in [5.74, 6) is -1.08. The fourth-order valence-corrected chi connectivity index (χ4v) is 3.75. The summed E-state index contributed by atoms with van der Waals surface area (Å²) in [6.45, 7) is 0. The van der Waals surface area contributed by atoms with Crippen LogP contribution in [0.25, 0.3) is 22.4 Å². The van der Waals surface area contributed by atoms with Crippen molar-refractivity contribution in [1.29, 1.82) is 0 Å². The third-order valence-electron chi connectivity index (χ3n) is 4.96. The molecule has 0 fully saturated rings. The maximum Gasteiger partial charge on any atom is 0.255 e. The van der Waals surface area contributed by atoms with Gasteiger partial charge in [0.05, 0.1) is 17.2 Å². The van der Waals surface area contributed by atoms with Crippen LogP contribution in [0.15, 0.2) is 34.7 Å². The molecule has 11 heteroatoms. The van der Waals surface area contributed by atoms with Crippen LogP contribution >= 0.6 is 0 Å². The molecule has 0 bridgehead atoms. The molecule has 9 nitrogen and oxygen atoms in total. The number of amides is 2. The van der Waals surface area contributed by atoms with Gasteiger partial charge in [-0.15, -0.1) is 0 Å². The first-order chi connectivity index (χ1) is 15.0. The SMILES string of the molecule is CNC(=O)c1c(-c2ccc(F)cc2)oc2nc(N(C)S(C)(=O)=O)c(CCCC(N)=O)cc12. The molecule has 170 valence electrons. The summed E-state index contributed by atoms with van der Waals surface area (Å²) in [6.07, 6.45) is 1.80. The average molecular weight is 463 g/mol. The summed E-state index contributed by atoms with van der Waals surface area (Å²) in [4.78, 5) is 28.2. The summed E-state index contributed by atoms with van der Waals surface area (Å²) >= 11 is 0. The number of pyridine rings is 1. The number of benzene rings is 1. The number of furan rings is 1. The summed E-state index contributed by atoms with van der Waals surface area (Å²) in [5, 5.41) is 2.92. The molecule has 3 rings (SSSR count). The number of rotatable bonds is 8. The van der Waals surface area contributed by atoms with Crippen LogP contribution in [0.3, 0.4) is 0 Å². The average Bonchev–Trinajstić information content (AvgIpc) is 3.10. The zero-order chi connectivity index (χ0) is 23.6. The Morgan fingerprint density at radius 2 is 1.91 bits per heavy atom. The van der Waals surface area contributed by atoms with Gasteiger partial charge in [-0.25, -0.2) is 12.8 Å². The number of sulfonamides is 1. The van der Waals surface area contributed by atoms with E-state index in [-0.39, 0.29) is 29.3 Å². The van der Waals surface area contributed by atoms with E-state index in [1.165, 1.54) is 38.4 Å². The molecule has 3 N–H and O–H groups in total. The number of carbonyl (C=O) groups is 2. The quantitative estimate of drug-likeness (QED) is 0.527. The highest BCUT2D eigenvalue weighted by atomic mass is 32.2. The van der Waals surface area contributed by atoms with Crippen molar-refractivity contribution < 1.29 is 26.8 Å². The monoisotopic (exact) mass is 462 g/mol. The molecule has 32 heavy (non-hydrogen) atoms. The van der Waals surface area contributed by atoms with Gasteiger partial charge in [-0.3, -0.25) is 13.9 Å². The normalized spacial score (nSPS) is 11.5. The molecular formula is C21H23FN4O5S. The smallest absolute Gasteiger partial charge is 0.255 e. The molecule has 3 aromatic rings. The Labute approximate surface area is 184 Å². The van der Waals surface area contributed by atoms with Crippen molar-refractivity contribution in [2.75, 3.05) is 24.7 Å². The first-order valence-corrected chi connectivity index (χ1v) is 11.5. The minimum atomic E-state index is -3.65. The third-order valence-corrected chi connectivity index (χ3v) is 6.13. The number of halogens is 1. The Morgan fingerprint density at radius 1 is 1.25 bits per heavy atom. The molecule has 1 aromatic carbocycles. The van der Waals surface area contributed by atoms with E-state index in [1.807, 2.05) is 0 Å². The third kappa shape index (κ3) is 4.72. The number of nitrogens with two attached hydrogens (primary N) is 1. The van der Waals surface area contributed by atoms with Crippen LogP contribution in [0.4, 0.5) is 10.2 Å². The molecule has 0 spiro atoms. The Balaban J connectivity index is 2.26. The highest BCUT2D eigenvalue weighted by molar-refractivity contribution is 7.92. The standard InChI is InChI=1S/C21H23FN4O5S/c1-24-20(28)17-15-11-13(5-4-6-16(23)27)19(26(2)32(3,29)30)25-21(15)31-18(17)12-7-9-14(22)10-8-12/h7-11H,4-6H2,1-3H3,(H2,23,27)(H,24,28). The van der Waals surface area contributed by atoms with E-state index in [9.17, 15) is 22.4 Å². The maximum absolute atomic E-state index is 13.4. The number of primary amides is 1. The number of nitrogens with zero attached hydrogens (tertiary/aromatic N) is 2. The second kappa shape index (κ2) is 8.95. The second-order valence-electron chi connectivity index (χ2n) is 7.27. The molecule has 0 atom stereocenters. The molecule has 2 heterocycles. The Hall–Kier alpha value is -3.47. The summed E-state index contributed by atoms with van der Waals surface area (Å²) in [7, 11) is -0.840. The van der Waals surface area contributed by atoms with Crippen LogP contribution in [0.1, 0.15) is 28.8 Å². The number of aryl methyl sites for hydroxylation is 1. The Kier molecular flexibility index (Phi) is 6.49. The zero-order valence-corrected chi connectivity index (χ0v) is 18.6. The van der Waals surface area contributed by atoms with E-state index in [0.717, 1.165) is 10.6 Å². The number of fused-ring (bicyclic) bond motifs is 1. The van der Waals surface area contributed by atoms with Crippen molar-refractivity contribution in [2.24, 2.45) is 5.73 Å². The van der Waals surface area contributed by atoms with Gasteiger partial charge in [-0.1, -0.05) is 0 Å². The topological polar surface area (TPSA) is 136 Å². The lowest BCUT2D eigenvalue weighted by molar-refractivity contribution is -0.118. The number of hydrogen-bond acceptors (Lipinski definition) is 6. The van der Waals surface area contributed by atoms with Gasteiger partial charge in [-0.05, 0) is 48.7 Å². The number of carbonyl (C=O) groups excluding carboxylic acids is 2. The van der Waals surface area contributed by atoms with E-state index < -0.39 is 27.7 Å². The molecule has 0 aliphatic heterocycles. The fraction of sp³-hybridized carbons (Fsp3) is 0.286. The first-order valence-electron chi connectivity index (χ1n) is 9.69. The summed E-state index contributed by atoms with van der Waals surface area (Å²) < 4.78 is 44.6. The van der Waals surface area contributed by atoms with Gasteiger partial charge in [-0.2, -0.15) is 4.98 Å². The minimum absolute atomic E-state index is 0.0482. The molecule has 2 aromatic heterocycles. The van der Waals surface area contributed by atoms with Crippen LogP contribution in [0, 0.1) is 5.82 Å². The summed E-state index contributed by atoms with van der Waals surface area (Å²) in [5.41, 5.74) is 6.41. The van der Waals surface area contributed by atoms with Gasteiger partial charge in [0.1, 0.15) is 17.4 Å². The number of aromatic nitrogens is 1. The van der Waals surface area contributed by atoms with E-state index in [0.29, 0.717) is 29.4 Å². The van der Waals surface area contributed by atoms with Crippen molar-refractivity contribution in [3.63, 3.8) is 0 Å². The van der Waals surface area contributed by atoms with Gasteiger partial charge >= 0.3 is 0 Å². The van der Waals surface area contributed by atoms with Crippen LogP contribution in [-0.2, 0) is 21.2 Å². The van der Waals surface area contributed by atoms with Gasteiger partial charge in [0.15, 0.2) is 0 Å². The molecule has 0 aliphatic rings. The molecule has 0 unspecified atom stereocenters. The van der Waals surface area contributed by atoms with Crippen LogP contribution in [0.5, 0.6) is 0 Å². The van der Waals surface area contributed by atoms with Crippen LogP contribution < -0.4 is 15.4 Å². The number of nitrogens with one attached hydrogen (secondary N) is 1. The highest BCUT2D eigenvalue weighted by Gasteiger charge is 2.26. The lowest BCUT2D eigenvalue weighted by Crippen LogP contribution is -2.27. The van der Waals surface area contributed by atoms with E-state index in [1.54, 1.807) is 6.07 Å². The van der Waals surface area contributed by atoms with Crippen molar-refractivity contribution in [2.45, 2.75) is 19.3 Å². The van der Waals surface area contributed by atoms with E-state index in [2.05, 4.69) is 10.3 Å². The lowest BCUT2D eigenvalue weighted by atomic mass is 10.0. The van der Waals surface area contributed by atoms with Crippen molar-refractivity contribution in [3.05, 3.63) is 47.3 Å². The minimum Gasteiger partial charge on any atom is -0.437 e. The number of anilines is 1. The van der Waals surface area contributed by atoms with Crippen molar-refractivity contribution >= 4 is 38.8 Å². The van der Waals surface area contributed by atoms with Crippen molar-refractivity contribution in [3.8, 4) is 11.3 Å². The summed E-state index contributed by atoms with van der Waals surface area (Å²) in [6, 6.07) is 7.04. The largest absolute Gasteiger partial charge is 0.437 e. The number of hydrogen-bond donors (Lipinski definition) is 2.